The molecule has 0 spiro atoms. The van der Waals surface area contributed by atoms with Crippen LogP contribution in [-0.4, -0.2) is 46.0 Å². The molecule has 0 radical (unpaired) electrons. The standard InChI is InChI=1S/C14H22N4O2S/c1-3-5-13(19)18-9-4-6-11(18)14(20)15-8-7-12-17-16-10(2)21-12/h11H,3-9H2,1-2H3,(H,15,20). The van der Waals surface area contributed by atoms with Crippen LogP contribution in [-0.2, 0) is 16.0 Å². The average Bonchev–Trinajstić information content (AvgIpc) is 3.08. The van der Waals surface area contributed by atoms with Gasteiger partial charge in [-0.25, -0.2) is 0 Å². The number of nitrogens with zero attached hydrogens (tertiary/aromatic N) is 3. The van der Waals surface area contributed by atoms with Gasteiger partial charge in [0, 0.05) is 25.9 Å². The molecule has 1 fully saturated rings. The van der Waals surface area contributed by atoms with Gasteiger partial charge in [-0.15, -0.1) is 21.5 Å². The second-order valence-corrected chi connectivity index (χ2v) is 6.52. The molecule has 1 saturated heterocycles. The molecule has 0 aliphatic carbocycles. The zero-order valence-electron chi connectivity index (χ0n) is 12.6. The first kappa shape index (κ1) is 15.9. The third-order valence-corrected chi connectivity index (χ3v) is 4.44. The van der Waals surface area contributed by atoms with Gasteiger partial charge in [0.2, 0.25) is 11.8 Å². The quantitative estimate of drug-likeness (QED) is 0.859. The summed E-state index contributed by atoms with van der Waals surface area (Å²) in [6.07, 6.45) is 3.70. The molecule has 2 rings (SSSR count). The van der Waals surface area contributed by atoms with Gasteiger partial charge in [0.15, 0.2) is 0 Å². The lowest BCUT2D eigenvalue weighted by Crippen LogP contribution is -2.46. The van der Waals surface area contributed by atoms with Crippen molar-refractivity contribution in [3.05, 3.63) is 10.0 Å². The van der Waals surface area contributed by atoms with Crippen LogP contribution in [0.25, 0.3) is 0 Å². The normalized spacial score (nSPS) is 18.0. The lowest BCUT2D eigenvalue weighted by atomic mass is 10.2. The largest absolute Gasteiger partial charge is 0.354 e. The fraction of sp³-hybridized carbons (Fsp3) is 0.714. The van der Waals surface area contributed by atoms with Crippen LogP contribution < -0.4 is 5.32 Å². The molecule has 21 heavy (non-hydrogen) atoms. The smallest absolute Gasteiger partial charge is 0.242 e. The maximum absolute atomic E-state index is 12.2. The van der Waals surface area contributed by atoms with Gasteiger partial charge in [0.05, 0.1) is 0 Å². The minimum atomic E-state index is -0.291. The Morgan fingerprint density at radius 2 is 2.24 bits per heavy atom. The van der Waals surface area contributed by atoms with Gasteiger partial charge in [-0.3, -0.25) is 9.59 Å². The Balaban J connectivity index is 1.80. The molecule has 1 aromatic rings. The minimum Gasteiger partial charge on any atom is -0.354 e. The first-order chi connectivity index (χ1) is 10.1. The molecule has 0 aromatic carbocycles. The summed E-state index contributed by atoms with van der Waals surface area (Å²) in [5, 5.41) is 12.8. The Kier molecular flexibility index (Phi) is 5.67. The van der Waals surface area contributed by atoms with E-state index in [-0.39, 0.29) is 17.9 Å². The molecule has 0 saturated carbocycles. The van der Waals surface area contributed by atoms with Gasteiger partial charge in [0.1, 0.15) is 16.1 Å². The van der Waals surface area contributed by atoms with E-state index >= 15 is 0 Å². The lowest BCUT2D eigenvalue weighted by molar-refractivity contribution is -0.138. The van der Waals surface area contributed by atoms with Gasteiger partial charge in [-0.05, 0) is 26.2 Å². The molecule has 2 heterocycles. The van der Waals surface area contributed by atoms with E-state index in [9.17, 15) is 9.59 Å². The fourth-order valence-electron chi connectivity index (χ4n) is 2.54. The topological polar surface area (TPSA) is 75.2 Å². The van der Waals surface area contributed by atoms with Crippen molar-refractivity contribution in [3.8, 4) is 0 Å². The predicted octanol–water partition coefficient (Wildman–Crippen LogP) is 1.30. The van der Waals surface area contributed by atoms with Gasteiger partial charge in [-0.1, -0.05) is 6.92 Å². The van der Waals surface area contributed by atoms with E-state index in [1.165, 1.54) is 0 Å². The van der Waals surface area contributed by atoms with Gasteiger partial charge in [0.25, 0.3) is 0 Å². The van der Waals surface area contributed by atoms with Crippen LogP contribution >= 0.6 is 11.3 Å². The fourth-order valence-corrected chi connectivity index (χ4v) is 3.25. The van der Waals surface area contributed by atoms with E-state index in [4.69, 9.17) is 0 Å². The summed E-state index contributed by atoms with van der Waals surface area (Å²) >= 11 is 1.55. The number of amides is 2. The van der Waals surface area contributed by atoms with Crippen molar-refractivity contribution in [2.45, 2.75) is 52.0 Å². The van der Waals surface area contributed by atoms with Crippen molar-refractivity contribution < 1.29 is 9.59 Å². The Hall–Kier alpha value is -1.50. The predicted molar refractivity (Wildman–Crippen MR) is 81.0 cm³/mol. The number of rotatable bonds is 6. The zero-order chi connectivity index (χ0) is 15.2. The van der Waals surface area contributed by atoms with Crippen LogP contribution in [0.4, 0.5) is 0 Å². The SMILES string of the molecule is CCCC(=O)N1CCCC1C(=O)NCCc1nnc(C)s1. The molecule has 2 amide bonds. The Bertz CT molecular complexity index is 503. The summed E-state index contributed by atoms with van der Waals surface area (Å²) in [6.45, 7) is 5.13. The molecule has 6 nitrogen and oxygen atoms in total. The maximum atomic E-state index is 12.2. The highest BCUT2D eigenvalue weighted by atomic mass is 32.1. The van der Waals surface area contributed by atoms with Crippen LogP contribution in [0.5, 0.6) is 0 Å². The molecule has 1 atom stereocenters. The Labute approximate surface area is 128 Å². The molecule has 1 unspecified atom stereocenters. The van der Waals surface area contributed by atoms with Gasteiger partial charge < -0.3 is 10.2 Å². The van der Waals surface area contributed by atoms with Crippen molar-refractivity contribution >= 4 is 23.2 Å². The number of hydrogen-bond donors (Lipinski definition) is 1. The van der Waals surface area contributed by atoms with Crippen molar-refractivity contribution in [2.24, 2.45) is 0 Å². The number of aryl methyl sites for hydroxylation is 1. The van der Waals surface area contributed by atoms with Crippen molar-refractivity contribution in [1.29, 1.82) is 0 Å². The van der Waals surface area contributed by atoms with Crippen LogP contribution in [0.15, 0.2) is 0 Å². The number of likely N-dealkylation sites (tertiary alicyclic amines) is 1. The molecule has 1 N–H and O–H groups in total. The number of aromatic nitrogens is 2. The first-order valence-corrected chi connectivity index (χ1v) is 8.29. The summed E-state index contributed by atoms with van der Waals surface area (Å²) < 4.78 is 0. The van der Waals surface area contributed by atoms with E-state index < -0.39 is 0 Å². The molecule has 0 bridgehead atoms. The van der Waals surface area contributed by atoms with E-state index in [2.05, 4.69) is 15.5 Å². The van der Waals surface area contributed by atoms with Gasteiger partial charge >= 0.3 is 0 Å². The second-order valence-electron chi connectivity index (χ2n) is 5.25. The van der Waals surface area contributed by atoms with Gasteiger partial charge in [-0.2, -0.15) is 0 Å². The molecule has 116 valence electrons. The van der Waals surface area contributed by atoms with Crippen LogP contribution in [0, 0.1) is 6.92 Å². The third-order valence-electron chi connectivity index (χ3n) is 3.55. The summed E-state index contributed by atoms with van der Waals surface area (Å²) in [7, 11) is 0. The number of nitrogens with one attached hydrogen (secondary N) is 1. The van der Waals surface area contributed by atoms with Crippen molar-refractivity contribution in [1.82, 2.24) is 20.4 Å². The van der Waals surface area contributed by atoms with E-state index in [0.717, 1.165) is 29.3 Å². The van der Waals surface area contributed by atoms with Crippen molar-refractivity contribution in [2.75, 3.05) is 13.1 Å². The second kappa shape index (κ2) is 7.49. The molecule has 1 aromatic heterocycles. The molecular formula is C14H22N4O2S. The monoisotopic (exact) mass is 310 g/mol. The molecule has 7 heteroatoms. The highest BCUT2D eigenvalue weighted by molar-refractivity contribution is 7.11. The highest BCUT2D eigenvalue weighted by Gasteiger charge is 2.33. The molecular weight excluding hydrogens is 288 g/mol. The third kappa shape index (κ3) is 4.23. The highest BCUT2D eigenvalue weighted by Crippen LogP contribution is 2.19. The Morgan fingerprint density at radius 3 is 2.90 bits per heavy atom. The van der Waals surface area contributed by atoms with E-state index in [1.807, 2.05) is 13.8 Å². The summed E-state index contributed by atoms with van der Waals surface area (Å²) in [4.78, 5) is 25.9. The van der Waals surface area contributed by atoms with Crippen LogP contribution in [0.1, 0.15) is 42.6 Å². The van der Waals surface area contributed by atoms with E-state index in [0.29, 0.717) is 25.9 Å². The van der Waals surface area contributed by atoms with E-state index in [1.54, 1.807) is 16.2 Å². The first-order valence-electron chi connectivity index (χ1n) is 7.48. The number of carbonyl (C=O) groups is 2. The summed E-state index contributed by atoms with van der Waals surface area (Å²) in [5.41, 5.74) is 0. The zero-order valence-corrected chi connectivity index (χ0v) is 13.4. The maximum Gasteiger partial charge on any atom is 0.242 e. The number of hydrogen-bond acceptors (Lipinski definition) is 5. The molecule has 1 aliphatic rings. The number of carbonyl (C=O) groups excluding carboxylic acids is 2. The van der Waals surface area contributed by atoms with Crippen LogP contribution in [0.3, 0.4) is 0 Å². The minimum absolute atomic E-state index is 0.0433. The lowest BCUT2D eigenvalue weighted by Gasteiger charge is -2.23. The molecule has 1 aliphatic heterocycles. The Morgan fingerprint density at radius 1 is 1.43 bits per heavy atom. The van der Waals surface area contributed by atoms with Crippen molar-refractivity contribution in [3.63, 3.8) is 0 Å². The summed E-state index contributed by atoms with van der Waals surface area (Å²) in [6, 6.07) is -0.291. The average molecular weight is 310 g/mol. The summed E-state index contributed by atoms with van der Waals surface area (Å²) in [5.74, 6) is 0.0492. The van der Waals surface area contributed by atoms with Crippen LogP contribution in [0.2, 0.25) is 0 Å².